The maximum atomic E-state index is 10.5. The van der Waals surface area contributed by atoms with Crippen LogP contribution in [-0.4, -0.2) is 17.6 Å². The predicted octanol–water partition coefficient (Wildman–Crippen LogP) is 5.13. The molecule has 0 amide bonds. The molecule has 0 spiro atoms. The lowest BCUT2D eigenvalue weighted by Crippen LogP contribution is -2.29. The van der Waals surface area contributed by atoms with Gasteiger partial charge >= 0.3 is 5.97 Å². The van der Waals surface area contributed by atoms with Crippen molar-refractivity contribution in [3.63, 3.8) is 0 Å². The number of benzene rings is 1. The van der Waals surface area contributed by atoms with E-state index in [0.29, 0.717) is 18.3 Å². The van der Waals surface area contributed by atoms with Crippen LogP contribution in [0.5, 0.6) is 0 Å². The van der Waals surface area contributed by atoms with Crippen LogP contribution >= 0.6 is 11.6 Å². The molecule has 0 heterocycles. The summed E-state index contributed by atoms with van der Waals surface area (Å²) in [5.74, 6) is 0.327. The van der Waals surface area contributed by atoms with Crippen LogP contribution in [0.15, 0.2) is 42.5 Å². The number of nitrogens with one attached hydrogen (secondary N) is 1. The monoisotopic (exact) mass is 361 g/mol. The van der Waals surface area contributed by atoms with Crippen molar-refractivity contribution >= 4 is 17.6 Å². The number of carbonyl (C=O) groups is 1. The number of allylic oxidation sites excluding steroid dienone is 3. The Bertz CT molecular complexity index is 624. The van der Waals surface area contributed by atoms with E-state index in [-0.39, 0.29) is 0 Å². The Labute approximate surface area is 155 Å². The van der Waals surface area contributed by atoms with E-state index in [4.69, 9.17) is 16.7 Å². The van der Waals surface area contributed by atoms with Gasteiger partial charge in [0.15, 0.2) is 0 Å². The average Bonchev–Trinajstić information content (AvgIpc) is 2.57. The molecular formula is C21H28ClNO2. The van der Waals surface area contributed by atoms with Crippen molar-refractivity contribution in [2.45, 2.75) is 45.6 Å². The second-order valence-corrected chi connectivity index (χ2v) is 7.25. The van der Waals surface area contributed by atoms with Crippen molar-refractivity contribution in [3.05, 3.63) is 58.7 Å². The van der Waals surface area contributed by atoms with Gasteiger partial charge in [-0.25, -0.2) is 4.79 Å². The first-order valence-electron chi connectivity index (χ1n) is 9.08. The number of halogens is 1. The third-order valence-electron chi connectivity index (χ3n) is 4.81. The zero-order chi connectivity index (χ0) is 18.1. The fourth-order valence-electron chi connectivity index (χ4n) is 3.43. The molecule has 0 aliphatic heterocycles. The number of hydrogen-bond donors (Lipinski definition) is 2. The second-order valence-electron chi connectivity index (χ2n) is 6.84. The summed E-state index contributed by atoms with van der Waals surface area (Å²) in [6, 6.07) is 6.20. The van der Waals surface area contributed by atoms with E-state index in [1.807, 2.05) is 13.0 Å². The molecule has 1 saturated carbocycles. The maximum Gasteiger partial charge on any atom is 0.327 e. The van der Waals surface area contributed by atoms with E-state index < -0.39 is 5.97 Å². The average molecular weight is 362 g/mol. The summed E-state index contributed by atoms with van der Waals surface area (Å²) in [4.78, 5) is 10.5. The molecule has 2 rings (SSSR count). The van der Waals surface area contributed by atoms with Crippen LogP contribution in [0.4, 0.5) is 0 Å². The Morgan fingerprint density at radius 1 is 1.32 bits per heavy atom. The second kappa shape index (κ2) is 10.4. The summed E-state index contributed by atoms with van der Waals surface area (Å²) in [6.07, 6.45) is 13.0. The molecule has 4 heteroatoms. The van der Waals surface area contributed by atoms with E-state index in [0.717, 1.165) is 23.7 Å². The van der Waals surface area contributed by atoms with E-state index in [1.165, 1.54) is 37.3 Å². The van der Waals surface area contributed by atoms with Crippen molar-refractivity contribution < 1.29 is 9.90 Å². The highest BCUT2D eigenvalue weighted by molar-refractivity contribution is 6.31. The highest BCUT2D eigenvalue weighted by Crippen LogP contribution is 2.31. The van der Waals surface area contributed by atoms with Crippen molar-refractivity contribution in [1.82, 2.24) is 5.32 Å². The Hall–Kier alpha value is -1.58. The largest absolute Gasteiger partial charge is 0.478 e. The number of aryl methyl sites for hydroxylation is 1. The van der Waals surface area contributed by atoms with E-state index >= 15 is 0 Å². The predicted molar refractivity (Wildman–Crippen MR) is 104 cm³/mol. The zero-order valence-corrected chi connectivity index (χ0v) is 15.6. The van der Waals surface area contributed by atoms with Crippen LogP contribution in [0.25, 0.3) is 0 Å². The molecule has 136 valence electrons. The summed E-state index contributed by atoms with van der Waals surface area (Å²) < 4.78 is 0. The van der Waals surface area contributed by atoms with Gasteiger partial charge in [0.25, 0.3) is 0 Å². The number of aliphatic carboxylic acids is 1. The van der Waals surface area contributed by atoms with Crippen LogP contribution in [0.3, 0.4) is 0 Å². The van der Waals surface area contributed by atoms with Crippen LogP contribution in [0.2, 0.25) is 5.02 Å². The molecule has 2 atom stereocenters. The molecule has 0 radical (unpaired) electrons. The van der Waals surface area contributed by atoms with Gasteiger partial charge in [-0.15, -0.1) is 0 Å². The Morgan fingerprint density at radius 2 is 2.12 bits per heavy atom. The number of rotatable bonds is 8. The first-order chi connectivity index (χ1) is 12.1. The van der Waals surface area contributed by atoms with E-state index in [1.54, 1.807) is 6.08 Å². The molecule has 3 nitrogen and oxygen atoms in total. The van der Waals surface area contributed by atoms with Gasteiger partial charge in [-0.3, -0.25) is 0 Å². The van der Waals surface area contributed by atoms with Gasteiger partial charge in [-0.2, -0.15) is 0 Å². The number of carboxylic acids is 1. The van der Waals surface area contributed by atoms with Crippen LogP contribution in [0, 0.1) is 18.8 Å². The maximum absolute atomic E-state index is 10.5. The molecule has 1 fully saturated rings. The third kappa shape index (κ3) is 7.05. The molecule has 1 aromatic carbocycles. The highest BCUT2D eigenvalue weighted by Gasteiger charge is 2.22. The quantitative estimate of drug-likeness (QED) is 0.498. The highest BCUT2D eigenvalue weighted by atomic mass is 35.5. The van der Waals surface area contributed by atoms with Gasteiger partial charge < -0.3 is 10.4 Å². The van der Waals surface area contributed by atoms with Gasteiger partial charge in [-0.1, -0.05) is 54.8 Å². The minimum atomic E-state index is -0.886. The lowest BCUT2D eigenvalue weighted by atomic mass is 9.79. The molecule has 0 bridgehead atoms. The fourth-order valence-corrected chi connectivity index (χ4v) is 3.73. The van der Waals surface area contributed by atoms with Gasteiger partial charge in [0.2, 0.25) is 0 Å². The Balaban J connectivity index is 1.81. The topological polar surface area (TPSA) is 49.3 Å². The molecule has 0 unspecified atom stereocenters. The van der Waals surface area contributed by atoms with Crippen LogP contribution < -0.4 is 5.32 Å². The van der Waals surface area contributed by atoms with Crippen LogP contribution in [-0.2, 0) is 11.3 Å². The minimum absolute atomic E-state index is 0.577. The summed E-state index contributed by atoms with van der Waals surface area (Å²) in [6.45, 7) is 3.84. The molecule has 1 aliphatic rings. The van der Waals surface area contributed by atoms with Crippen molar-refractivity contribution in [2.24, 2.45) is 11.8 Å². The molecule has 25 heavy (non-hydrogen) atoms. The standard InChI is InChI=1S/C21H28ClNO2/c1-16-11-12-19(20(22)13-16)15-23-14-18-9-6-5-8-17(18)7-3-2-4-10-21(24)25/h3-4,7,10-13,17-18,23H,2,5-6,8-9,14-15H2,1H3,(H,24,25)/b7-3-,10-4+/t17-,18+/m0/s1. The van der Waals surface area contributed by atoms with Gasteiger partial charge in [0, 0.05) is 17.6 Å². The minimum Gasteiger partial charge on any atom is -0.478 e. The zero-order valence-electron chi connectivity index (χ0n) is 14.9. The summed E-state index contributed by atoms with van der Waals surface area (Å²) in [5.41, 5.74) is 2.33. The van der Waals surface area contributed by atoms with Crippen molar-refractivity contribution in [3.8, 4) is 0 Å². The summed E-state index contributed by atoms with van der Waals surface area (Å²) in [7, 11) is 0. The van der Waals surface area contributed by atoms with Gasteiger partial charge in [0.05, 0.1) is 0 Å². The lowest BCUT2D eigenvalue weighted by molar-refractivity contribution is -0.131. The van der Waals surface area contributed by atoms with Crippen molar-refractivity contribution in [1.29, 1.82) is 0 Å². The van der Waals surface area contributed by atoms with E-state index in [2.05, 4.69) is 29.6 Å². The van der Waals surface area contributed by atoms with Gasteiger partial charge in [0.1, 0.15) is 0 Å². The molecule has 1 aliphatic carbocycles. The summed E-state index contributed by atoms with van der Waals surface area (Å²) in [5, 5.41) is 13.0. The number of hydrogen-bond acceptors (Lipinski definition) is 2. The molecule has 0 saturated heterocycles. The first-order valence-corrected chi connectivity index (χ1v) is 9.46. The molecule has 1 aromatic rings. The van der Waals surface area contributed by atoms with Gasteiger partial charge in [-0.05, 0) is 61.8 Å². The Kier molecular flexibility index (Phi) is 8.23. The molecule has 2 N–H and O–H groups in total. The Morgan fingerprint density at radius 3 is 2.88 bits per heavy atom. The first kappa shape index (κ1) is 19.7. The lowest BCUT2D eigenvalue weighted by Gasteiger charge is -2.30. The fraction of sp³-hybridized carbons (Fsp3) is 0.476. The van der Waals surface area contributed by atoms with E-state index in [9.17, 15) is 4.79 Å². The third-order valence-corrected chi connectivity index (χ3v) is 5.17. The summed E-state index contributed by atoms with van der Waals surface area (Å²) >= 11 is 6.30. The molecule has 0 aromatic heterocycles. The van der Waals surface area contributed by atoms with Crippen molar-refractivity contribution in [2.75, 3.05) is 6.54 Å². The SMILES string of the molecule is Cc1ccc(CNC[C@H]2CCCC[C@@H]2/C=C\C/C=C/C(=O)O)c(Cl)c1. The normalized spacial score (nSPS) is 21.2. The smallest absolute Gasteiger partial charge is 0.327 e. The van der Waals surface area contributed by atoms with Crippen LogP contribution in [0.1, 0.15) is 43.2 Å². The molecular weight excluding hydrogens is 334 g/mol. The number of carboxylic acid groups (broad SMARTS) is 1.